The molecule has 0 radical (unpaired) electrons. The summed E-state index contributed by atoms with van der Waals surface area (Å²) in [5, 5.41) is 16.4. The molecule has 2 aliphatic rings. The van der Waals surface area contributed by atoms with Crippen molar-refractivity contribution in [1.82, 2.24) is 29.7 Å². The molecule has 0 aromatic carbocycles. The van der Waals surface area contributed by atoms with Gasteiger partial charge in [0, 0.05) is 57.6 Å². The van der Waals surface area contributed by atoms with Crippen LogP contribution in [0.2, 0.25) is 0 Å². The molecule has 4 rings (SSSR count). The van der Waals surface area contributed by atoms with Gasteiger partial charge in [-0.15, -0.1) is 49.6 Å². The molecular formula is C18H34Cl4N6O. The van der Waals surface area contributed by atoms with Crippen molar-refractivity contribution in [2.75, 3.05) is 13.1 Å². The standard InChI is InChI=1S/C9H15N3O.C9H15N3.4ClH/c1-9(2,13)8-11-6-7-5-10-3-4-12(7)8;1-7(2)9-11-6-8-5-10-3-4-12(8)9;;;;/h6,10,13H,3-5H2,1-2H3;6-7,10H,3-5H2,1-2H3;4*1H. The molecule has 0 amide bonds. The fourth-order valence-electron chi connectivity index (χ4n) is 3.39. The molecule has 0 atom stereocenters. The number of halogens is 4. The van der Waals surface area contributed by atoms with Crippen LogP contribution in [-0.2, 0) is 31.8 Å². The first-order valence-corrected chi connectivity index (χ1v) is 9.11. The second-order valence-corrected chi connectivity index (χ2v) is 7.55. The fourth-order valence-corrected chi connectivity index (χ4v) is 3.39. The normalized spacial score (nSPS) is 14.6. The molecule has 2 aromatic rings. The van der Waals surface area contributed by atoms with E-state index in [1.807, 2.05) is 12.4 Å². The first-order valence-electron chi connectivity index (χ1n) is 9.11. The van der Waals surface area contributed by atoms with Gasteiger partial charge in [-0.1, -0.05) is 13.8 Å². The molecule has 0 saturated heterocycles. The van der Waals surface area contributed by atoms with E-state index in [0.717, 1.165) is 50.8 Å². The Morgan fingerprint density at radius 2 is 1.38 bits per heavy atom. The Labute approximate surface area is 198 Å². The lowest BCUT2D eigenvalue weighted by Gasteiger charge is -2.23. The van der Waals surface area contributed by atoms with E-state index in [-0.39, 0.29) is 49.6 Å². The zero-order valence-electron chi connectivity index (χ0n) is 17.3. The maximum Gasteiger partial charge on any atom is 0.140 e. The fraction of sp³-hybridized carbons (Fsp3) is 0.667. The van der Waals surface area contributed by atoms with Gasteiger partial charge < -0.3 is 24.9 Å². The SMILES string of the molecule is CC(C)(O)c1ncc2n1CCNC2.CC(C)c1ncc2n1CCNC2.Cl.Cl.Cl.Cl. The lowest BCUT2D eigenvalue weighted by Crippen LogP contribution is -2.32. The minimum absolute atomic E-state index is 0. The number of imidazole rings is 2. The number of aliphatic hydroxyl groups is 1. The van der Waals surface area contributed by atoms with Crippen LogP contribution in [-0.4, -0.2) is 37.3 Å². The number of rotatable bonds is 2. The summed E-state index contributed by atoms with van der Waals surface area (Å²) in [6.45, 7) is 13.7. The van der Waals surface area contributed by atoms with Gasteiger partial charge in [0.2, 0.25) is 0 Å². The second kappa shape index (κ2) is 13.0. The average Bonchev–Trinajstić information content (AvgIpc) is 3.19. The van der Waals surface area contributed by atoms with Crippen molar-refractivity contribution in [2.24, 2.45) is 0 Å². The van der Waals surface area contributed by atoms with E-state index in [0.29, 0.717) is 5.92 Å². The molecule has 0 bridgehead atoms. The summed E-state index contributed by atoms with van der Waals surface area (Å²) in [6, 6.07) is 0. The van der Waals surface area contributed by atoms with Crippen LogP contribution in [0.1, 0.15) is 56.6 Å². The number of fused-ring (bicyclic) bond motifs is 2. The van der Waals surface area contributed by atoms with Gasteiger partial charge in [0.15, 0.2) is 0 Å². The van der Waals surface area contributed by atoms with Crippen LogP contribution in [0.4, 0.5) is 0 Å². The summed E-state index contributed by atoms with van der Waals surface area (Å²) >= 11 is 0. The Kier molecular flexibility index (Phi) is 13.7. The summed E-state index contributed by atoms with van der Waals surface area (Å²) in [6.07, 6.45) is 3.82. The van der Waals surface area contributed by atoms with Crippen LogP contribution in [0.15, 0.2) is 12.4 Å². The smallest absolute Gasteiger partial charge is 0.140 e. The highest BCUT2D eigenvalue weighted by molar-refractivity contribution is 5.86. The van der Waals surface area contributed by atoms with Gasteiger partial charge in [0.25, 0.3) is 0 Å². The van der Waals surface area contributed by atoms with Crippen LogP contribution >= 0.6 is 49.6 Å². The molecule has 170 valence electrons. The van der Waals surface area contributed by atoms with E-state index in [1.54, 1.807) is 13.8 Å². The molecule has 0 fully saturated rings. The Morgan fingerprint density at radius 1 is 0.897 bits per heavy atom. The van der Waals surface area contributed by atoms with E-state index >= 15 is 0 Å². The molecule has 11 heteroatoms. The summed E-state index contributed by atoms with van der Waals surface area (Å²) in [5.74, 6) is 2.53. The van der Waals surface area contributed by atoms with Gasteiger partial charge in [-0.2, -0.15) is 0 Å². The highest BCUT2D eigenvalue weighted by atomic mass is 35.5. The van der Waals surface area contributed by atoms with E-state index in [4.69, 9.17) is 0 Å². The number of hydrogen-bond acceptors (Lipinski definition) is 5. The second-order valence-electron chi connectivity index (χ2n) is 7.55. The summed E-state index contributed by atoms with van der Waals surface area (Å²) in [7, 11) is 0. The highest BCUT2D eigenvalue weighted by Crippen LogP contribution is 2.20. The first kappa shape index (κ1) is 30.7. The molecule has 29 heavy (non-hydrogen) atoms. The average molecular weight is 492 g/mol. The lowest BCUT2D eigenvalue weighted by molar-refractivity contribution is 0.0639. The van der Waals surface area contributed by atoms with Crippen LogP contribution in [0, 0.1) is 0 Å². The van der Waals surface area contributed by atoms with Gasteiger partial charge >= 0.3 is 0 Å². The van der Waals surface area contributed by atoms with Crippen molar-refractivity contribution < 1.29 is 5.11 Å². The minimum Gasteiger partial charge on any atom is -0.383 e. The maximum atomic E-state index is 9.83. The molecule has 7 nitrogen and oxygen atoms in total. The molecule has 2 aliphatic heterocycles. The molecule has 0 saturated carbocycles. The van der Waals surface area contributed by atoms with Crippen LogP contribution < -0.4 is 10.6 Å². The van der Waals surface area contributed by atoms with E-state index in [2.05, 4.69) is 43.6 Å². The summed E-state index contributed by atoms with van der Waals surface area (Å²) < 4.78 is 4.43. The topological polar surface area (TPSA) is 79.9 Å². The van der Waals surface area contributed by atoms with Crippen molar-refractivity contribution in [3.05, 3.63) is 35.4 Å². The van der Waals surface area contributed by atoms with E-state index in [1.165, 1.54) is 11.5 Å². The molecule has 4 heterocycles. The number of hydrogen-bond donors (Lipinski definition) is 3. The van der Waals surface area contributed by atoms with E-state index < -0.39 is 5.60 Å². The zero-order valence-corrected chi connectivity index (χ0v) is 20.6. The summed E-state index contributed by atoms with van der Waals surface area (Å²) in [4.78, 5) is 8.66. The van der Waals surface area contributed by atoms with Gasteiger partial charge in [-0.3, -0.25) is 0 Å². The van der Waals surface area contributed by atoms with Crippen molar-refractivity contribution in [3.63, 3.8) is 0 Å². The lowest BCUT2D eigenvalue weighted by atomic mass is 10.1. The Morgan fingerprint density at radius 3 is 1.90 bits per heavy atom. The number of nitrogens with one attached hydrogen (secondary N) is 2. The molecule has 0 aliphatic carbocycles. The number of aromatic nitrogens is 4. The third-order valence-corrected chi connectivity index (χ3v) is 4.61. The van der Waals surface area contributed by atoms with E-state index in [9.17, 15) is 5.11 Å². The molecule has 0 spiro atoms. The van der Waals surface area contributed by atoms with Crippen molar-refractivity contribution in [3.8, 4) is 0 Å². The molecule has 2 aromatic heterocycles. The quantitative estimate of drug-likeness (QED) is 0.601. The minimum atomic E-state index is -0.838. The van der Waals surface area contributed by atoms with Crippen molar-refractivity contribution in [1.29, 1.82) is 0 Å². The molecule has 3 N–H and O–H groups in total. The monoisotopic (exact) mass is 490 g/mol. The Balaban J connectivity index is 0. The Bertz CT molecular complexity index is 726. The van der Waals surface area contributed by atoms with Crippen LogP contribution in [0.25, 0.3) is 0 Å². The van der Waals surface area contributed by atoms with Crippen molar-refractivity contribution >= 4 is 49.6 Å². The Hall–Kier alpha value is -0.540. The van der Waals surface area contributed by atoms with Crippen LogP contribution in [0.5, 0.6) is 0 Å². The molecular weight excluding hydrogens is 458 g/mol. The van der Waals surface area contributed by atoms with Crippen LogP contribution in [0.3, 0.4) is 0 Å². The van der Waals surface area contributed by atoms with Gasteiger partial charge in [0.1, 0.15) is 17.2 Å². The third kappa shape index (κ3) is 7.28. The van der Waals surface area contributed by atoms with Gasteiger partial charge in [-0.25, -0.2) is 9.97 Å². The predicted octanol–water partition coefficient (Wildman–Crippen LogP) is 3.01. The number of nitrogens with zero attached hydrogens (tertiary/aromatic N) is 4. The maximum absolute atomic E-state index is 9.83. The highest BCUT2D eigenvalue weighted by Gasteiger charge is 2.25. The summed E-state index contributed by atoms with van der Waals surface area (Å²) in [5.41, 5.74) is 1.64. The van der Waals surface area contributed by atoms with Crippen molar-refractivity contribution in [2.45, 2.75) is 65.4 Å². The van der Waals surface area contributed by atoms with Gasteiger partial charge in [-0.05, 0) is 13.8 Å². The largest absolute Gasteiger partial charge is 0.383 e. The zero-order chi connectivity index (χ0) is 18.0. The first-order chi connectivity index (χ1) is 11.9. The molecule has 0 unspecified atom stereocenters. The van der Waals surface area contributed by atoms with Gasteiger partial charge in [0.05, 0.1) is 11.4 Å². The third-order valence-electron chi connectivity index (χ3n) is 4.61. The predicted molar refractivity (Wildman–Crippen MR) is 126 cm³/mol.